The number of fused-ring (bicyclic) bond motifs is 1. The molecule has 21 heavy (non-hydrogen) atoms. The van der Waals surface area contributed by atoms with Gasteiger partial charge in [-0.25, -0.2) is 9.97 Å². The molecule has 2 aromatic heterocycles. The zero-order chi connectivity index (χ0) is 14.7. The van der Waals surface area contributed by atoms with E-state index in [4.69, 9.17) is 0 Å². The average molecular weight is 286 g/mol. The maximum atomic E-state index is 4.44. The Hall–Kier alpha value is -1.95. The number of aryl methyl sites for hydroxylation is 1. The number of rotatable bonds is 4. The standard InChI is InChI=1S/C15H22N6/c1-10(7-12-8-11(2)20-21-12)19-15-13-3-5-16-6-4-14(13)17-9-18-15/h8-10,16H,3-7H2,1-2H3,(H,20,21)(H,17,18,19). The van der Waals surface area contributed by atoms with E-state index in [0.29, 0.717) is 0 Å². The minimum absolute atomic E-state index is 0.280. The fourth-order valence-electron chi connectivity index (χ4n) is 2.77. The number of aromatic amines is 1. The Morgan fingerprint density at radius 1 is 1.29 bits per heavy atom. The zero-order valence-corrected chi connectivity index (χ0v) is 12.6. The Morgan fingerprint density at radius 3 is 2.95 bits per heavy atom. The maximum absolute atomic E-state index is 4.44. The molecule has 0 saturated heterocycles. The molecule has 0 spiro atoms. The van der Waals surface area contributed by atoms with Crippen molar-refractivity contribution in [1.29, 1.82) is 0 Å². The highest BCUT2D eigenvalue weighted by atomic mass is 15.1. The third-order valence-corrected chi connectivity index (χ3v) is 3.78. The number of H-pyrrole nitrogens is 1. The Morgan fingerprint density at radius 2 is 2.14 bits per heavy atom. The van der Waals surface area contributed by atoms with Crippen LogP contribution >= 0.6 is 0 Å². The van der Waals surface area contributed by atoms with E-state index in [-0.39, 0.29) is 6.04 Å². The van der Waals surface area contributed by atoms with Crippen LogP contribution in [0.5, 0.6) is 0 Å². The number of anilines is 1. The van der Waals surface area contributed by atoms with Gasteiger partial charge in [-0.1, -0.05) is 0 Å². The smallest absolute Gasteiger partial charge is 0.133 e. The largest absolute Gasteiger partial charge is 0.367 e. The summed E-state index contributed by atoms with van der Waals surface area (Å²) in [6.07, 6.45) is 4.49. The number of aromatic nitrogens is 4. The van der Waals surface area contributed by atoms with E-state index in [1.165, 1.54) is 11.3 Å². The molecule has 0 bridgehead atoms. The van der Waals surface area contributed by atoms with E-state index in [9.17, 15) is 0 Å². The van der Waals surface area contributed by atoms with Crippen LogP contribution in [-0.4, -0.2) is 39.3 Å². The first-order chi connectivity index (χ1) is 10.2. The van der Waals surface area contributed by atoms with Gasteiger partial charge in [-0.05, 0) is 32.9 Å². The molecule has 1 aliphatic rings. The molecule has 1 atom stereocenters. The van der Waals surface area contributed by atoms with E-state index >= 15 is 0 Å². The van der Waals surface area contributed by atoms with Crippen molar-refractivity contribution in [2.45, 2.75) is 39.2 Å². The fraction of sp³-hybridized carbons (Fsp3) is 0.533. The summed E-state index contributed by atoms with van der Waals surface area (Å²) in [4.78, 5) is 8.87. The minimum Gasteiger partial charge on any atom is -0.367 e. The van der Waals surface area contributed by atoms with E-state index in [0.717, 1.165) is 49.6 Å². The van der Waals surface area contributed by atoms with Crippen LogP contribution in [0.2, 0.25) is 0 Å². The quantitative estimate of drug-likeness (QED) is 0.788. The zero-order valence-electron chi connectivity index (χ0n) is 12.6. The molecule has 2 aromatic rings. The van der Waals surface area contributed by atoms with Crippen molar-refractivity contribution in [2.75, 3.05) is 18.4 Å². The predicted octanol–water partition coefficient (Wildman–Crippen LogP) is 1.24. The molecule has 0 aromatic carbocycles. The Labute approximate surface area is 124 Å². The average Bonchev–Trinajstić information content (AvgIpc) is 2.73. The molecule has 0 amide bonds. The first-order valence-electron chi connectivity index (χ1n) is 7.53. The SMILES string of the molecule is Cc1cc(CC(C)Nc2ncnc3c2CCNCC3)n[nH]1. The summed E-state index contributed by atoms with van der Waals surface area (Å²) < 4.78 is 0. The van der Waals surface area contributed by atoms with Crippen LogP contribution in [0.15, 0.2) is 12.4 Å². The molecule has 0 fully saturated rings. The van der Waals surface area contributed by atoms with Crippen molar-refractivity contribution in [2.24, 2.45) is 0 Å². The van der Waals surface area contributed by atoms with Gasteiger partial charge in [-0.15, -0.1) is 0 Å². The van der Waals surface area contributed by atoms with Gasteiger partial charge >= 0.3 is 0 Å². The van der Waals surface area contributed by atoms with E-state index in [2.05, 4.69) is 43.8 Å². The molecule has 3 heterocycles. The summed E-state index contributed by atoms with van der Waals surface area (Å²) >= 11 is 0. The molecular weight excluding hydrogens is 264 g/mol. The van der Waals surface area contributed by atoms with Crippen LogP contribution in [0.1, 0.15) is 29.6 Å². The van der Waals surface area contributed by atoms with Crippen LogP contribution in [0, 0.1) is 6.92 Å². The second-order valence-corrected chi connectivity index (χ2v) is 5.69. The van der Waals surface area contributed by atoms with Crippen LogP contribution in [0.3, 0.4) is 0 Å². The maximum Gasteiger partial charge on any atom is 0.133 e. The molecule has 112 valence electrons. The lowest BCUT2D eigenvalue weighted by Crippen LogP contribution is -2.21. The van der Waals surface area contributed by atoms with Crippen LogP contribution in [0.4, 0.5) is 5.82 Å². The number of nitrogens with one attached hydrogen (secondary N) is 3. The van der Waals surface area contributed by atoms with Crippen molar-refractivity contribution < 1.29 is 0 Å². The van der Waals surface area contributed by atoms with Gasteiger partial charge in [0.25, 0.3) is 0 Å². The van der Waals surface area contributed by atoms with Gasteiger partial charge < -0.3 is 10.6 Å². The van der Waals surface area contributed by atoms with Gasteiger partial charge in [0, 0.05) is 36.7 Å². The van der Waals surface area contributed by atoms with Crippen molar-refractivity contribution in [3.05, 3.63) is 35.0 Å². The second-order valence-electron chi connectivity index (χ2n) is 5.69. The molecule has 1 aliphatic heterocycles. The first-order valence-corrected chi connectivity index (χ1v) is 7.53. The summed E-state index contributed by atoms with van der Waals surface area (Å²) in [5.41, 5.74) is 4.60. The Balaban J connectivity index is 1.72. The van der Waals surface area contributed by atoms with Gasteiger partial charge in [0.05, 0.1) is 11.4 Å². The molecule has 0 saturated carbocycles. The summed E-state index contributed by atoms with van der Waals surface area (Å²) in [6.45, 7) is 6.16. The van der Waals surface area contributed by atoms with Gasteiger partial charge in [-0.2, -0.15) is 5.10 Å². The van der Waals surface area contributed by atoms with Gasteiger partial charge in [0.2, 0.25) is 0 Å². The third kappa shape index (κ3) is 3.39. The summed E-state index contributed by atoms with van der Waals surface area (Å²) in [5.74, 6) is 0.975. The van der Waals surface area contributed by atoms with Crippen LogP contribution in [-0.2, 0) is 19.3 Å². The van der Waals surface area contributed by atoms with Crippen molar-refractivity contribution in [3.63, 3.8) is 0 Å². The number of nitrogens with zero attached hydrogens (tertiary/aromatic N) is 3. The molecule has 0 aliphatic carbocycles. The molecule has 6 heteroatoms. The van der Waals surface area contributed by atoms with Gasteiger partial charge in [-0.3, -0.25) is 5.10 Å². The fourth-order valence-corrected chi connectivity index (χ4v) is 2.77. The van der Waals surface area contributed by atoms with Crippen molar-refractivity contribution in [3.8, 4) is 0 Å². The lowest BCUT2D eigenvalue weighted by Gasteiger charge is -2.17. The summed E-state index contributed by atoms with van der Waals surface area (Å²) in [5, 5.41) is 14.2. The first kappa shape index (κ1) is 14.0. The van der Waals surface area contributed by atoms with E-state index in [1.807, 2.05) is 6.92 Å². The van der Waals surface area contributed by atoms with Crippen molar-refractivity contribution in [1.82, 2.24) is 25.5 Å². The molecular formula is C15H22N6. The van der Waals surface area contributed by atoms with E-state index in [1.54, 1.807) is 6.33 Å². The Bertz CT molecular complexity index is 606. The highest BCUT2D eigenvalue weighted by Gasteiger charge is 2.16. The highest BCUT2D eigenvalue weighted by molar-refractivity contribution is 5.47. The molecule has 3 rings (SSSR count). The lowest BCUT2D eigenvalue weighted by atomic mass is 10.1. The summed E-state index contributed by atoms with van der Waals surface area (Å²) in [6, 6.07) is 2.37. The Kier molecular flexibility index (Phi) is 4.15. The monoisotopic (exact) mass is 286 g/mol. The number of hydrogen-bond donors (Lipinski definition) is 3. The second kappa shape index (κ2) is 6.22. The van der Waals surface area contributed by atoms with E-state index < -0.39 is 0 Å². The van der Waals surface area contributed by atoms with Crippen LogP contribution < -0.4 is 10.6 Å². The lowest BCUT2D eigenvalue weighted by molar-refractivity contribution is 0.708. The highest BCUT2D eigenvalue weighted by Crippen LogP contribution is 2.19. The minimum atomic E-state index is 0.280. The topological polar surface area (TPSA) is 78.5 Å². The summed E-state index contributed by atoms with van der Waals surface area (Å²) in [7, 11) is 0. The van der Waals surface area contributed by atoms with Crippen LogP contribution in [0.25, 0.3) is 0 Å². The van der Waals surface area contributed by atoms with Gasteiger partial charge in [0.15, 0.2) is 0 Å². The molecule has 1 unspecified atom stereocenters. The number of hydrogen-bond acceptors (Lipinski definition) is 5. The third-order valence-electron chi connectivity index (χ3n) is 3.78. The predicted molar refractivity (Wildman–Crippen MR) is 82.4 cm³/mol. The molecule has 0 radical (unpaired) electrons. The molecule has 6 nitrogen and oxygen atoms in total. The van der Waals surface area contributed by atoms with Gasteiger partial charge in [0.1, 0.15) is 12.1 Å². The normalized spacial score (nSPS) is 16.1. The molecule has 3 N–H and O–H groups in total. The van der Waals surface area contributed by atoms with Crippen molar-refractivity contribution >= 4 is 5.82 Å².